The molecular formula is C16H17N. The number of aryl methyl sites for hydroxylation is 1. The molecule has 86 valence electrons. The molecule has 1 aliphatic rings. The minimum absolute atomic E-state index is 0.776. The lowest BCUT2D eigenvalue weighted by Crippen LogP contribution is -1.93. The van der Waals surface area contributed by atoms with Crippen molar-refractivity contribution in [2.75, 3.05) is 0 Å². The summed E-state index contributed by atoms with van der Waals surface area (Å²) < 4.78 is 0. The van der Waals surface area contributed by atoms with Gasteiger partial charge in [-0.25, -0.2) is 0 Å². The van der Waals surface area contributed by atoms with Crippen LogP contribution >= 0.6 is 0 Å². The van der Waals surface area contributed by atoms with Crippen LogP contribution in [0.2, 0.25) is 0 Å². The van der Waals surface area contributed by atoms with E-state index in [9.17, 15) is 0 Å². The Hall–Kier alpha value is -1.63. The summed E-state index contributed by atoms with van der Waals surface area (Å²) in [5.41, 5.74) is 5.11. The Kier molecular flexibility index (Phi) is 2.68. The molecule has 0 atom stereocenters. The minimum atomic E-state index is 0.776. The fourth-order valence-electron chi connectivity index (χ4n) is 2.31. The maximum absolute atomic E-state index is 4.73. The smallest absolute Gasteiger partial charge is 0.0708 e. The van der Waals surface area contributed by atoms with Gasteiger partial charge in [0.05, 0.1) is 5.69 Å². The van der Waals surface area contributed by atoms with E-state index < -0.39 is 0 Å². The second-order valence-electron chi connectivity index (χ2n) is 4.73. The Morgan fingerprint density at radius 1 is 1.06 bits per heavy atom. The van der Waals surface area contributed by atoms with Gasteiger partial charge in [-0.15, -0.1) is 0 Å². The quantitative estimate of drug-likeness (QED) is 0.760. The van der Waals surface area contributed by atoms with Crippen molar-refractivity contribution in [3.8, 4) is 11.3 Å². The second kappa shape index (κ2) is 4.33. The van der Waals surface area contributed by atoms with Crippen molar-refractivity contribution in [1.82, 2.24) is 4.98 Å². The first kappa shape index (κ1) is 10.5. The summed E-state index contributed by atoms with van der Waals surface area (Å²) in [4.78, 5) is 4.73. The van der Waals surface area contributed by atoms with Crippen LogP contribution in [0.1, 0.15) is 36.9 Å². The van der Waals surface area contributed by atoms with Crippen LogP contribution in [0.5, 0.6) is 0 Å². The summed E-state index contributed by atoms with van der Waals surface area (Å²) in [6, 6.07) is 15.1. The van der Waals surface area contributed by atoms with Crippen LogP contribution in [0.4, 0.5) is 0 Å². The Morgan fingerprint density at radius 3 is 2.65 bits per heavy atom. The van der Waals surface area contributed by atoms with Crippen molar-refractivity contribution in [1.29, 1.82) is 0 Å². The van der Waals surface area contributed by atoms with E-state index in [1.54, 1.807) is 0 Å². The van der Waals surface area contributed by atoms with Gasteiger partial charge >= 0.3 is 0 Å². The molecule has 1 fully saturated rings. The van der Waals surface area contributed by atoms with Crippen molar-refractivity contribution < 1.29 is 0 Å². The van der Waals surface area contributed by atoms with Crippen LogP contribution in [0, 0.1) is 0 Å². The molecule has 0 bridgehead atoms. The lowest BCUT2D eigenvalue weighted by atomic mass is 10.00. The number of pyridine rings is 1. The van der Waals surface area contributed by atoms with E-state index in [1.807, 2.05) is 0 Å². The van der Waals surface area contributed by atoms with Gasteiger partial charge in [-0.05, 0) is 42.9 Å². The average Bonchev–Trinajstić information content (AvgIpc) is 3.23. The van der Waals surface area contributed by atoms with Crippen LogP contribution < -0.4 is 0 Å². The van der Waals surface area contributed by atoms with E-state index in [2.05, 4.69) is 49.4 Å². The molecule has 17 heavy (non-hydrogen) atoms. The molecule has 0 N–H and O–H groups in total. The number of nitrogens with zero attached hydrogens (tertiary/aromatic N) is 1. The Labute approximate surface area is 103 Å². The predicted molar refractivity (Wildman–Crippen MR) is 71.0 cm³/mol. The van der Waals surface area contributed by atoms with E-state index in [0.29, 0.717) is 0 Å². The van der Waals surface area contributed by atoms with Gasteiger partial charge in [0.2, 0.25) is 0 Å². The molecule has 1 nitrogen and oxygen atoms in total. The summed E-state index contributed by atoms with van der Waals surface area (Å²) in [5.74, 6) is 0.776. The van der Waals surface area contributed by atoms with Crippen molar-refractivity contribution in [2.24, 2.45) is 0 Å². The zero-order chi connectivity index (χ0) is 11.7. The lowest BCUT2D eigenvalue weighted by Gasteiger charge is -2.08. The SMILES string of the molecule is CCc1cccc(-c2ccccc2C2CC2)n1. The van der Waals surface area contributed by atoms with Gasteiger partial charge in [0.25, 0.3) is 0 Å². The summed E-state index contributed by atoms with van der Waals surface area (Å²) >= 11 is 0. The van der Waals surface area contributed by atoms with Crippen LogP contribution in [0.25, 0.3) is 11.3 Å². The van der Waals surface area contributed by atoms with E-state index >= 15 is 0 Å². The average molecular weight is 223 g/mol. The molecule has 2 aromatic rings. The predicted octanol–water partition coefficient (Wildman–Crippen LogP) is 4.19. The molecule has 0 spiro atoms. The van der Waals surface area contributed by atoms with Gasteiger partial charge in [0.15, 0.2) is 0 Å². The maximum atomic E-state index is 4.73. The van der Waals surface area contributed by atoms with Crippen LogP contribution in [-0.2, 0) is 6.42 Å². The summed E-state index contributed by atoms with van der Waals surface area (Å²) in [6.45, 7) is 2.15. The first-order chi connectivity index (χ1) is 8.38. The molecule has 0 saturated heterocycles. The summed E-state index contributed by atoms with van der Waals surface area (Å²) in [7, 11) is 0. The van der Waals surface area contributed by atoms with Crippen molar-refractivity contribution >= 4 is 0 Å². The zero-order valence-corrected chi connectivity index (χ0v) is 10.2. The third-order valence-electron chi connectivity index (χ3n) is 3.42. The molecule has 1 saturated carbocycles. The highest BCUT2D eigenvalue weighted by Crippen LogP contribution is 2.43. The van der Waals surface area contributed by atoms with Crippen molar-refractivity contribution in [2.45, 2.75) is 32.1 Å². The molecule has 1 heterocycles. The van der Waals surface area contributed by atoms with Gasteiger partial charge in [-0.2, -0.15) is 0 Å². The third-order valence-corrected chi connectivity index (χ3v) is 3.42. The summed E-state index contributed by atoms with van der Waals surface area (Å²) in [6.07, 6.45) is 3.67. The minimum Gasteiger partial charge on any atom is -0.253 e. The molecule has 3 rings (SSSR count). The zero-order valence-electron chi connectivity index (χ0n) is 10.2. The van der Waals surface area contributed by atoms with Gasteiger partial charge in [0, 0.05) is 11.3 Å². The Bertz CT molecular complexity index is 527. The topological polar surface area (TPSA) is 12.9 Å². The van der Waals surface area contributed by atoms with Gasteiger partial charge < -0.3 is 0 Å². The standard InChI is InChI=1S/C16H17N/c1-2-13-6-5-9-16(17-13)15-8-4-3-7-14(15)12-10-11-12/h3-9,12H,2,10-11H2,1H3. The van der Waals surface area contributed by atoms with Crippen LogP contribution in [-0.4, -0.2) is 4.98 Å². The van der Waals surface area contributed by atoms with E-state index in [4.69, 9.17) is 4.98 Å². The maximum Gasteiger partial charge on any atom is 0.0708 e. The largest absolute Gasteiger partial charge is 0.253 e. The monoisotopic (exact) mass is 223 g/mol. The first-order valence-corrected chi connectivity index (χ1v) is 6.43. The summed E-state index contributed by atoms with van der Waals surface area (Å²) in [5, 5.41) is 0. The Balaban J connectivity index is 2.07. The van der Waals surface area contributed by atoms with Gasteiger partial charge in [-0.1, -0.05) is 37.3 Å². The normalized spacial score (nSPS) is 14.9. The first-order valence-electron chi connectivity index (χ1n) is 6.43. The fourth-order valence-corrected chi connectivity index (χ4v) is 2.31. The number of hydrogen-bond donors (Lipinski definition) is 0. The lowest BCUT2D eigenvalue weighted by molar-refractivity contribution is 1.03. The highest BCUT2D eigenvalue weighted by Gasteiger charge is 2.26. The van der Waals surface area contributed by atoms with E-state index in [0.717, 1.165) is 18.0 Å². The van der Waals surface area contributed by atoms with Crippen LogP contribution in [0.3, 0.4) is 0 Å². The molecule has 0 aliphatic heterocycles. The Morgan fingerprint density at radius 2 is 1.88 bits per heavy atom. The molecule has 0 unspecified atom stereocenters. The number of aromatic nitrogens is 1. The second-order valence-corrected chi connectivity index (χ2v) is 4.73. The van der Waals surface area contributed by atoms with Crippen molar-refractivity contribution in [3.05, 3.63) is 53.7 Å². The number of benzene rings is 1. The molecule has 1 aromatic carbocycles. The fraction of sp³-hybridized carbons (Fsp3) is 0.312. The molecule has 0 amide bonds. The van der Waals surface area contributed by atoms with E-state index in [1.165, 1.54) is 29.7 Å². The number of rotatable bonds is 3. The van der Waals surface area contributed by atoms with E-state index in [-0.39, 0.29) is 0 Å². The van der Waals surface area contributed by atoms with Crippen molar-refractivity contribution in [3.63, 3.8) is 0 Å². The van der Waals surface area contributed by atoms with Gasteiger partial charge in [0.1, 0.15) is 0 Å². The molecule has 1 heteroatoms. The molecular weight excluding hydrogens is 206 g/mol. The molecule has 1 aromatic heterocycles. The highest BCUT2D eigenvalue weighted by molar-refractivity contribution is 5.65. The molecule has 1 aliphatic carbocycles. The van der Waals surface area contributed by atoms with Crippen LogP contribution in [0.15, 0.2) is 42.5 Å². The van der Waals surface area contributed by atoms with Gasteiger partial charge in [-0.3, -0.25) is 4.98 Å². The third kappa shape index (κ3) is 2.10. The number of hydrogen-bond acceptors (Lipinski definition) is 1. The molecule has 0 radical (unpaired) electrons. The highest BCUT2D eigenvalue weighted by atomic mass is 14.7.